The van der Waals surface area contributed by atoms with Crippen molar-refractivity contribution in [3.8, 4) is 0 Å². The molecule has 7 nitrogen and oxygen atoms in total. The first kappa shape index (κ1) is 20.5. The predicted molar refractivity (Wildman–Crippen MR) is 109 cm³/mol. The van der Waals surface area contributed by atoms with Crippen molar-refractivity contribution in [3.05, 3.63) is 46.8 Å². The van der Waals surface area contributed by atoms with Gasteiger partial charge < -0.3 is 10.6 Å². The second-order valence-corrected chi connectivity index (χ2v) is 9.96. The van der Waals surface area contributed by atoms with Crippen LogP contribution in [0.4, 0.5) is 5.69 Å². The molecule has 1 fully saturated rings. The molecule has 0 atom stereocenters. The van der Waals surface area contributed by atoms with E-state index in [1.807, 2.05) is 0 Å². The van der Waals surface area contributed by atoms with Crippen LogP contribution in [0.5, 0.6) is 0 Å². The maximum absolute atomic E-state index is 12.7. The van der Waals surface area contributed by atoms with Gasteiger partial charge in [0.15, 0.2) is 0 Å². The molecule has 1 aromatic carbocycles. The van der Waals surface area contributed by atoms with Crippen molar-refractivity contribution in [2.75, 3.05) is 18.4 Å². The molecule has 0 bridgehead atoms. The normalized spacial score (nSPS) is 15.2. The van der Waals surface area contributed by atoms with E-state index >= 15 is 0 Å². The molecule has 0 saturated carbocycles. The van der Waals surface area contributed by atoms with Gasteiger partial charge in [0.1, 0.15) is 4.21 Å². The lowest BCUT2D eigenvalue weighted by Gasteiger charge is -2.25. The summed E-state index contributed by atoms with van der Waals surface area (Å²) in [5, 5.41) is 5.44. The van der Waals surface area contributed by atoms with Crippen molar-refractivity contribution in [1.29, 1.82) is 0 Å². The third kappa shape index (κ3) is 4.98. The highest BCUT2D eigenvalue weighted by Crippen LogP contribution is 2.27. The number of carbonyl (C=O) groups is 2. The number of rotatable bonds is 6. The highest BCUT2D eigenvalue weighted by Gasteiger charge is 2.27. The number of piperidine rings is 1. The molecule has 0 radical (unpaired) electrons. The van der Waals surface area contributed by atoms with Gasteiger partial charge in [0.2, 0.25) is 5.91 Å². The third-order valence-electron chi connectivity index (χ3n) is 4.44. The van der Waals surface area contributed by atoms with Gasteiger partial charge in [0.05, 0.1) is 6.54 Å². The maximum Gasteiger partial charge on any atom is 0.252 e. The molecule has 1 aromatic heterocycles. The van der Waals surface area contributed by atoms with E-state index in [1.165, 1.54) is 18.3 Å². The van der Waals surface area contributed by atoms with Crippen LogP contribution in [0.25, 0.3) is 0 Å². The van der Waals surface area contributed by atoms with Gasteiger partial charge in [-0.2, -0.15) is 4.31 Å². The van der Waals surface area contributed by atoms with Crippen LogP contribution < -0.4 is 10.6 Å². The van der Waals surface area contributed by atoms with Gasteiger partial charge in [-0.1, -0.05) is 6.42 Å². The summed E-state index contributed by atoms with van der Waals surface area (Å²) in [6, 6.07) is 9.91. The van der Waals surface area contributed by atoms with Crippen molar-refractivity contribution < 1.29 is 18.0 Å². The number of nitrogens with zero attached hydrogens (tertiary/aromatic N) is 1. The fourth-order valence-corrected chi connectivity index (χ4v) is 5.97. The van der Waals surface area contributed by atoms with Crippen LogP contribution in [-0.4, -0.2) is 37.6 Å². The molecular formula is C19H23N3O4S2. The van der Waals surface area contributed by atoms with Crippen LogP contribution in [-0.2, 0) is 21.4 Å². The lowest BCUT2D eigenvalue weighted by Crippen LogP contribution is -2.35. The van der Waals surface area contributed by atoms with Gasteiger partial charge in [0, 0.05) is 36.1 Å². The summed E-state index contributed by atoms with van der Waals surface area (Å²) in [6.07, 6.45) is 2.86. The van der Waals surface area contributed by atoms with E-state index in [0.717, 1.165) is 24.1 Å². The number of hydrogen-bond acceptors (Lipinski definition) is 5. The molecule has 150 valence electrons. The lowest BCUT2D eigenvalue weighted by molar-refractivity contribution is -0.114. The van der Waals surface area contributed by atoms with Gasteiger partial charge in [-0.15, -0.1) is 11.3 Å². The van der Waals surface area contributed by atoms with Crippen LogP contribution in [0, 0.1) is 0 Å². The number of carbonyl (C=O) groups excluding carboxylic acids is 2. The molecule has 2 N–H and O–H groups in total. The number of anilines is 1. The SMILES string of the molecule is CC(=O)Nc1ccc(C(=O)NCc2ccc(S(=O)(=O)N3CCCCC3)s2)cc1. The molecule has 0 aliphatic carbocycles. The number of sulfonamides is 1. The summed E-state index contributed by atoms with van der Waals surface area (Å²) in [5.41, 5.74) is 1.08. The predicted octanol–water partition coefficient (Wildman–Crippen LogP) is 2.81. The average molecular weight is 422 g/mol. The molecule has 0 spiro atoms. The Morgan fingerprint density at radius 1 is 1.04 bits per heavy atom. The summed E-state index contributed by atoms with van der Waals surface area (Å²) < 4.78 is 27.2. The van der Waals surface area contributed by atoms with Gasteiger partial charge in [-0.3, -0.25) is 9.59 Å². The molecule has 2 amide bonds. The molecule has 1 saturated heterocycles. The summed E-state index contributed by atoms with van der Waals surface area (Å²) in [5.74, 6) is -0.437. The minimum absolute atomic E-state index is 0.176. The smallest absolute Gasteiger partial charge is 0.252 e. The number of thiophene rings is 1. The number of hydrogen-bond donors (Lipinski definition) is 2. The van der Waals surface area contributed by atoms with E-state index in [9.17, 15) is 18.0 Å². The molecule has 2 heterocycles. The molecule has 3 rings (SSSR count). The maximum atomic E-state index is 12.7. The van der Waals surface area contributed by atoms with Crippen molar-refractivity contribution in [1.82, 2.24) is 9.62 Å². The Labute approximate surface area is 168 Å². The first-order valence-electron chi connectivity index (χ1n) is 9.11. The zero-order valence-corrected chi connectivity index (χ0v) is 17.2. The van der Waals surface area contributed by atoms with Crippen LogP contribution in [0.1, 0.15) is 41.4 Å². The van der Waals surface area contributed by atoms with Crippen LogP contribution in [0.15, 0.2) is 40.6 Å². The van der Waals surface area contributed by atoms with E-state index in [2.05, 4.69) is 10.6 Å². The van der Waals surface area contributed by atoms with Crippen LogP contribution in [0.3, 0.4) is 0 Å². The Bertz CT molecular complexity index is 946. The molecule has 0 unspecified atom stereocenters. The molecule has 1 aliphatic rings. The number of benzene rings is 1. The quantitative estimate of drug-likeness (QED) is 0.750. The Morgan fingerprint density at radius 2 is 1.71 bits per heavy atom. The van der Waals surface area contributed by atoms with Crippen LogP contribution >= 0.6 is 11.3 Å². The fourth-order valence-electron chi connectivity index (χ4n) is 3.00. The van der Waals surface area contributed by atoms with Gasteiger partial charge in [-0.05, 0) is 49.2 Å². The van der Waals surface area contributed by atoms with Crippen molar-refractivity contribution in [3.63, 3.8) is 0 Å². The number of nitrogens with one attached hydrogen (secondary N) is 2. The monoisotopic (exact) mass is 421 g/mol. The van der Waals surface area contributed by atoms with Crippen molar-refractivity contribution >= 4 is 38.9 Å². The largest absolute Gasteiger partial charge is 0.347 e. The van der Waals surface area contributed by atoms with Gasteiger partial charge in [-0.25, -0.2) is 8.42 Å². The minimum atomic E-state index is -3.44. The summed E-state index contributed by atoms with van der Waals surface area (Å²) >= 11 is 1.19. The van der Waals surface area contributed by atoms with E-state index in [0.29, 0.717) is 28.5 Å². The second kappa shape index (κ2) is 8.85. The molecule has 2 aromatic rings. The Balaban J connectivity index is 1.59. The van der Waals surface area contributed by atoms with Gasteiger partial charge in [0.25, 0.3) is 15.9 Å². The summed E-state index contributed by atoms with van der Waals surface area (Å²) in [4.78, 5) is 24.1. The van der Waals surface area contributed by atoms with E-state index in [1.54, 1.807) is 40.7 Å². The molecule has 9 heteroatoms. The zero-order chi connectivity index (χ0) is 20.1. The highest BCUT2D eigenvalue weighted by molar-refractivity contribution is 7.91. The molecule has 28 heavy (non-hydrogen) atoms. The number of amides is 2. The van der Waals surface area contributed by atoms with E-state index < -0.39 is 10.0 Å². The molecule has 1 aliphatic heterocycles. The minimum Gasteiger partial charge on any atom is -0.347 e. The van der Waals surface area contributed by atoms with Crippen LogP contribution in [0.2, 0.25) is 0 Å². The average Bonchev–Trinajstić information content (AvgIpc) is 3.17. The Hall–Kier alpha value is -2.23. The summed E-state index contributed by atoms with van der Waals surface area (Å²) in [7, 11) is -3.44. The first-order valence-corrected chi connectivity index (χ1v) is 11.4. The Morgan fingerprint density at radius 3 is 2.36 bits per heavy atom. The van der Waals surface area contributed by atoms with Crippen molar-refractivity contribution in [2.24, 2.45) is 0 Å². The fraction of sp³-hybridized carbons (Fsp3) is 0.368. The second-order valence-electron chi connectivity index (χ2n) is 6.63. The lowest BCUT2D eigenvalue weighted by atomic mass is 10.2. The topological polar surface area (TPSA) is 95.6 Å². The van der Waals surface area contributed by atoms with E-state index in [4.69, 9.17) is 0 Å². The third-order valence-corrected chi connectivity index (χ3v) is 7.89. The summed E-state index contributed by atoms with van der Waals surface area (Å²) in [6.45, 7) is 2.81. The first-order chi connectivity index (χ1) is 13.4. The van der Waals surface area contributed by atoms with Gasteiger partial charge >= 0.3 is 0 Å². The zero-order valence-electron chi connectivity index (χ0n) is 15.6. The van der Waals surface area contributed by atoms with E-state index in [-0.39, 0.29) is 18.4 Å². The standard InChI is InChI=1S/C19H23N3O4S2/c1-14(23)21-16-7-5-15(6-8-16)19(24)20-13-17-9-10-18(27-17)28(25,26)22-11-3-2-4-12-22/h5-10H,2-4,11-13H2,1H3,(H,20,24)(H,21,23). The Kier molecular flexibility index (Phi) is 6.48. The molecular weight excluding hydrogens is 398 g/mol. The highest BCUT2D eigenvalue weighted by atomic mass is 32.2. The van der Waals surface area contributed by atoms with Crippen molar-refractivity contribution in [2.45, 2.75) is 36.9 Å².